The SMILES string of the molecule is CCn1ncc(OC)c(Cl)c1=O. The van der Waals surface area contributed by atoms with Crippen molar-refractivity contribution < 1.29 is 4.74 Å². The van der Waals surface area contributed by atoms with Crippen LogP contribution in [0.2, 0.25) is 5.02 Å². The first kappa shape index (κ1) is 9.06. The van der Waals surface area contributed by atoms with Crippen LogP contribution in [0, 0.1) is 0 Å². The Labute approximate surface area is 74.7 Å². The van der Waals surface area contributed by atoms with E-state index in [4.69, 9.17) is 16.3 Å². The summed E-state index contributed by atoms with van der Waals surface area (Å²) >= 11 is 5.68. The lowest BCUT2D eigenvalue weighted by Gasteiger charge is -2.03. The molecule has 0 spiro atoms. The highest BCUT2D eigenvalue weighted by molar-refractivity contribution is 6.31. The molecule has 0 bridgehead atoms. The molecule has 0 atom stereocenters. The standard InChI is InChI=1S/C7H9ClN2O2/c1-3-10-7(11)6(8)5(12-2)4-9-10/h4H,3H2,1-2H3. The van der Waals surface area contributed by atoms with Crippen molar-refractivity contribution in [3.63, 3.8) is 0 Å². The monoisotopic (exact) mass is 188 g/mol. The summed E-state index contributed by atoms with van der Waals surface area (Å²) in [6.07, 6.45) is 1.42. The molecule has 0 aliphatic heterocycles. The van der Waals surface area contributed by atoms with E-state index in [2.05, 4.69) is 5.10 Å². The molecule has 0 radical (unpaired) electrons. The lowest BCUT2D eigenvalue weighted by atomic mass is 10.5. The summed E-state index contributed by atoms with van der Waals surface area (Å²) in [5.74, 6) is 0.311. The number of ether oxygens (including phenoxy) is 1. The number of nitrogens with zero attached hydrogens (tertiary/aromatic N) is 2. The van der Waals surface area contributed by atoms with Crippen LogP contribution in [0.25, 0.3) is 0 Å². The number of methoxy groups -OCH3 is 1. The Hall–Kier alpha value is -1.03. The molecule has 1 aromatic heterocycles. The molecule has 0 aliphatic carbocycles. The van der Waals surface area contributed by atoms with Gasteiger partial charge < -0.3 is 4.74 Å². The number of hydrogen-bond acceptors (Lipinski definition) is 3. The average Bonchev–Trinajstić information content (AvgIpc) is 2.10. The molecule has 66 valence electrons. The summed E-state index contributed by atoms with van der Waals surface area (Å²) in [6.45, 7) is 2.32. The maximum Gasteiger partial charge on any atom is 0.289 e. The molecule has 0 aromatic carbocycles. The highest BCUT2D eigenvalue weighted by Gasteiger charge is 2.07. The Morgan fingerprint density at radius 1 is 1.75 bits per heavy atom. The lowest BCUT2D eigenvalue weighted by Crippen LogP contribution is -2.22. The van der Waals surface area contributed by atoms with E-state index < -0.39 is 0 Å². The second-order valence-corrected chi connectivity index (χ2v) is 2.53. The first-order valence-corrected chi connectivity index (χ1v) is 3.88. The first-order chi connectivity index (χ1) is 5.70. The molecule has 1 heterocycles. The van der Waals surface area contributed by atoms with E-state index in [1.807, 2.05) is 6.92 Å². The molecule has 0 N–H and O–H groups in total. The Kier molecular flexibility index (Phi) is 2.70. The van der Waals surface area contributed by atoms with E-state index in [-0.39, 0.29) is 10.6 Å². The predicted octanol–water partition coefficient (Wildman–Crippen LogP) is 0.925. The van der Waals surface area contributed by atoms with Gasteiger partial charge in [-0.3, -0.25) is 4.79 Å². The fraction of sp³-hybridized carbons (Fsp3) is 0.429. The van der Waals surface area contributed by atoms with E-state index in [9.17, 15) is 4.79 Å². The summed E-state index contributed by atoms with van der Waals surface area (Å²) in [6, 6.07) is 0. The van der Waals surface area contributed by atoms with Crippen molar-refractivity contribution >= 4 is 11.6 Å². The van der Waals surface area contributed by atoms with Crippen LogP contribution in [0.4, 0.5) is 0 Å². The Morgan fingerprint density at radius 2 is 2.42 bits per heavy atom. The molecule has 0 aliphatic rings. The van der Waals surface area contributed by atoms with Crippen LogP contribution in [0.1, 0.15) is 6.92 Å². The highest BCUT2D eigenvalue weighted by atomic mass is 35.5. The summed E-state index contributed by atoms with van der Waals surface area (Å²) < 4.78 is 6.09. The third-order valence-corrected chi connectivity index (χ3v) is 1.82. The van der Waals surface area contributed by atoms with Crippen molar-refractivity contribution in [1.29, 1.82) is 0 Å². The predicted molar refractivity (Wildman–Crippen MR) is 45.7 cm³/mol. The minimum Gasteiger partial charge on any atom is -0.493 e. The quantitative estimate of drug-likeness (QED) is 0.694. The van der Waals surface area contributed by atoms with Crippen LogP contribution >= 0.6 is 11.6 Å². The van der Waals surface area contributed by atoms with Crippen molar-refractivity contribution in [3.05, 3.63) is 21.6 Å². The van der Waals surface area contributed by atoms with E-state index in [0.29, 0.717) is 12.3 Å². The van der Waals surface area contributed by atoms with Crippen LogP contribution in [0.3, 0.4) is 0 Å². The van der Waals surface area contributed by atoms with Crippen LogP contribution in [0.5, 0.6) is 5.75 Å². The van der Waals surface area contributed by atoms with Crippen molar-refractivity contribution in [2.45, 2.75) is 13.5 Å². The van der Waals surface area contributed by atoms with Gasteiger partial charge in [0, 0.05) is 6.54 Å². The average molecular weight is 189 g/mol. The summed E-state index contributed by atoms with van der Waals surface area (Å²) in [4.78, 5) is 11.3. The molecule has 0 saturated carbocycles. The molecule has 0 saturated heterocycles. The third-order valence-electron chi connectivity index (χ3n) is 1.47. The van der Waals surface area contributed by atoms with E-state index in [1.165, 1.54) is 18.0 Å². The van der Waals surface area contributed by atoms with Gasteiger partial charge in [0.15, 0.2) is 10.8 Å². The van der Waals surface area contributed by atoms with E-state index >= 15 is 0 Å². The van der Waals surface area contributed by atoms with E-state index in [1.54, 1.807) is 0 Å². The molecule has 5 heteroatoms. The fourth-order valence-corrected chi connectivity index (χ4v) is 1.04. The molecule has 4 nitrogen and oxygen atoms in total. The van der Waals surface area contributed by atoms with Gasteiger partial charge in [0.1, 0.15) is 0 Å². The second-order valence-electron chi connectivity index (χ2n) is 2.15. The Bertz CT molecular complexity index is 335. The lowest BCUT2D eigenvalue weighted by molar-refractivity contribution is 0.406. The zero-order valence-corrected chi connectivity index (χ0v) is 7.63. The first-order valence-electron chi connectivity index (χ1n) is 3.50. The smallest absolute Gasteiger partial charge is 0.289 e. The van der Waals surface area contributed by atoms with Crippen LogP contribution < -0.4 is 10.3 Å². The second kappa shape index (κ2) is 3.58. The summed E-state index contributed by atoms with van der Waals surface area (Å²) in [7, 11) is 1.44. The van der Waals surface area contributed by atoms with Gasteiger partial charge in [0.2, 0.25) is 0 Å². The van der Waals surface area contributed by atoms with Crippen LogP contribution in [-0.4, -0.2) is 16.9 Å². The van der Waals surface area contributed by atoms with Crippen molar-refractivity contribution in [3.8, 4) is 5.75 Å². The number of rotatable bonds is 2. The van der Waals surface area contributed by atoms with Crippen molar-refractivity contribution in [1.82, 2.24) is 9.78 Å². The van der Waals surface area contributed by atoms with Crippen LogP contribution in [0.15, 0.2) is 11.0 Å². The van der Waals surface area contributed by atoms with Gasteiger partial charge in [-0.1, -0.05) is 11.6 Å². The van der Waals surface area contributed by atoms with Gasteiger partial charge >= 0.3 is 0 Å². The third kappa shape index (κ3) is 1.43. The number of halogens is 1. The molecule has 12 heavy (non-hydrogen) atoms. The van der Waals surface area contributed by atoms with Crippen molar-refractivity contribution in [2.24, 2.45) is 0 Å². The molecular weight excluding hydrogens is 180 g/mol. The molecule has 1 aromatic rings. The van der Waals surface area contributed by atoms with Gasteiger partial charge in [-0.15, -0.1) is 0 Å². The molecular formula is C7H9ClN2O2. The summed E-state index contributed by atoms with van der Waals surface area (Å²) in [5, 5.41) is 3.90. The minimum atomic E-state index is -0.321. The zero-order chi connectivity index (χ0) is 9.14. The normalized spacial score (nSPS) is 9.92. The number of aryl methyl sites for hydroxylation is 1. The molecule has 0 fully saturated rings. The van der Waals surface area contributed by atoms with Gasteiger partial charge in [-0.25, -0.2) is 4.68 Å². The summed E-state index contributed by atoms with van der Waals surface area (Å²) in [5.41, 5.74) is -0.321. The zero-order valence-electron chi connectivity index (χ0n) is 6.87. The molecule has 1 rings (SSSR count). The minimum absolute atomic E-state index is 0.0781. The van der Waals surface area contributed by atoms with Gasteiger partial charge in [0.25, 0.3) is 5.56 Å². The van der Waals surface area contributed by atoms with E-state index in [0.717, 1.165) is 0 Å². The van der Waals surface area contributed by atoms with Gasteiger partial charge in [-0.2, -0.15) is 5.10 Å². The highest BCUT2D eigenvalue weighted by Crippen LogP contribution is 2.16. The largest absolute Gasteiger partial charge is 0.493 e. The Balaban J connectivity index is 3.30. The maximum absolute atomic E-state index is 11.3. The van der Waals surface area contributed by atoms with Crippen LogP contribution in [-0.2, 0) is 6.54 Å². The van der Waals surface area contributed by atoms with Crippen molar-refractivity contribution in [2.75, 3.05) is 7.11 Å². The van der Waals surface area contributed by atoms with Gasteiger partial charge in [0.05, 0.1) is 13.3 Å². The molecule has 0 amide bonds. The Morgan fingerprint density at radius 3 is 2.92 bits per heavy atom. The number of aromatic nitrogens is 2. The molecule has 0 unspecified atom stereocenters. The number of hydrogen-bond donors (Lipinski definition) is 0. The van der Waals surface area contributed by atoms with Gasteiger partial charge in [-0.05, 0) is 6.92 Å². The maximum atomic E-state index is 11.3. The topological polar surface area (TPSA) is 44.1 Å². The fourth-order valence-electron chi connectivity index (χ4n) is 0.818.